The first kappa shape index (κ1) is 16.4. The van der Waals surface area contributed by atoms with Crippen LogP contribution in [0, 0.1) is 5.82 Å². The average molecular weight is 325 g/mol. The van der Waals surface area contributed by atoms with Gasteiger partial charge in [-0.15, -0.1) is 0 Å². The Labute approximate surface area is 140 Å². The predicted octanol–water partition coefficient (Wildman–Crippen LogP) is 3.22. The molecule has 0 saturated carbocycles. The Morgan fingerprint density at radius 1 is 1.08 bits per heavy atom. The first-order valence-electron chi connectivity index (χ1n) is 7.90. The molecule has 2 N–H and O–H groups in total. The minimum absolute atomic E-state index is 0.183. The molecule has 0 spiro atoms. The molecule has 0 amide bonds. The minimum Gasteiger partial charge on any atom is -0.387 e. The summed E-state index contributed by atoms with van der Waals surface area (Å²) in [6, 6.07) is 17.6. The molecule has 0 radical (unpaired) electrons. The first-order valence-corrected chi connectivity index (χ1v) is 7.90. The van der Waals surface area contributed by atoms with Crippen molar-refractivity contribution in [3.8, 4) is 5.69 Å². The van der Waals surface area contributed by atoms with Crippen LogP contribution in [0.2, 0.25) is 0 Å². The summed E-state index contributed by atoms with van der Waals surface area (Å²) in [5.74, 6) is -0.307. The molecule has 0 bridgehead atoms. The number of para-hydroxylation sites is 1. The highest BCUT2D eigenvalue weighted by Gasteiger charge is 2.16. The average Bonchev–Trinajstić information content (AvgIpc) is 3.09. The van der Waals surface area contributed by atoms with Gasteiger partial charge in [0.25, 0.3) is 0 Å². The standard InChI is InChI=1S/C19H20FN3O/c1-14(19(24)15-7-9-16(20)10-8-15)21-13-17-11-12-23(22-17)18-5-3-2-4-6-18/h2-12,14,19,21,24H,13H2,1H3. The van der Waals surface area contributed by atoms with Crippen molar-refractivity contribution in [2.24, 2.45) is 0 Å². The smallest absolute Gasteiger partial charge is 0.123 e. The van der Waals surface area contributed by atoms with E-state index in [9.17, 15) is 9.50 Å². The number of hydrogen-bond donors (Lipinski definition) is 2. The van der Waals surface area contributed by atoms with Gasteiger partial charge in [0.1, 0.15) is 5.82 Å². The number of halogens is 1. The number of nitrogens with one attached hydrogen (secondary N) is 1. The van der Waals surface area contributed by atoms with Crippen LogP contribution in [-0.4, -0.2) is 20.9 Å². The molecule has 0 aliphatic rings. The molecule has 24 heavy (non-hydrogen) atoms. The number of nitrogens with zero attached hydrogens (tertiary/aromatic N) is 2. The third kappa shape index (κ3) is 3.88. The Balaban J connectivity index is 1.59. The molecule has 124 valence electrons. The zero-order valence-electron chi connectivity index (χ0n) is 13.4. The van der Waals surface area contributed by atoms with E-state index in [0.29, 0.717) is 12.1 Å². The summed E-state index contributed by atoms with van der Waals surface area (Å²) < 4.78 is 14.8. The second-order valence-corrected chi connectivity index (χ2v) is 5.75. The van der Waals surface area contributed by atoms with E-state index in [1.165, 1.54) is 12.1 Å². The van der Waals surface area contributed by atoms with E-state index in [1.807, 2.05) is 54.2 Å². The van der Waals surface area contributed by atoms with Crippen molar-refractivity contribution < 1.29 is 9.50 Å². The monoisotopic (exact) mass is 325 g/mol. The number of benzene rings is 2. The number of rotatable bonds is 6. The number of aliphatic hydroxyl groups excluding tert-OH is 1. The van der Waals surface area contributed by atoms with Crippen molar-refractivity contribution in [1.29, 1.82) is 0 Å². The molecular weight excluding hydrogens is 305 g/mol. The normalized spacial score (nSPS) is 13.6. The van der Waals surface area contributed by atoms with Gasteiger partial charge in [0.05, 0.1) is 17.5 Å². The maximum atomic E-state index is 13.0. The van der Waals surface area contributed by atoms with E-state index in [-0.39, 0.29) is 11.9 Å². The van der Waals surface area contributed by atoms with E-state index in [4.69, 9.17) is 0 Å². The van der Waals surface area contributed by atoms with Crippen LogP contribution in [0.4, 0.5) is 4.39 Å². The maximum Gasteiger partial charge on any atom is 0.123 e. The van der Waals surface area contributed by atoms with E-state index >= 15 is 0 Å². The predicted molar refractivity (Wildman–Crippen MR) is 91.2 cm³/mol. The van der Waals surface area contributed by atoms with Crippen molar-refractivity contribution in [2.75, 3.05) is 0 Å². The maximum absolute atomic E-state index is 13.0. The summed E-state index contributed by atoms with van der Waals surface area (Å²) in [5.41, 5.74) is 2.58. The molecule has 1 aromatic heterocycles. The molecule has 0 aliphatic heterocycles. The lowest BCUT2D eigenvalue weighted by Gasteiger charge is -2.20. The molecule has 2 unspecified atom stereocenters. The zero-order valence-corrected chi connectivity index (χ0v) is 13.4. The summed E-state index contributed by atoms with van der Waals surface area (Å²) in [6.07, 6.45) is 1.20. The SMILES string of the molecule is CC(NCc1ccn(-c2ccccc2)n1)C(O)c1ccc(F)cc1. The Morgan fingerprint density at radius 2 is 1.79 bits per heavy atom. The van der Waals surface area contributed by atoms with Gasteiger partial charge in [-0.2, -0.15) is 5.10 Å². The van der Waals surface area contributed by atoms with Gasteiger partial charge in [-0.25, -0.2) is 9.07 Å². The number of hydrogen-bond acceptors (Lipinski definition) is 3. The van der Waals surface area contributed by atoms with Gasteiger partial charge in [0.15, 0.2) is 0 Å². The third-order valence-corrected chi connectivity index (χ3v) is 3.96. The fraction of sp³-hybridized carbons (Fsp3) is 0.211. The van der Waals surface area contributed by atoms with Crippen LogP contribution in [0.3, 0.4) is 0 Å². The molecule has 1 heterocycles. The molecule has 3 rings (SSSR count). The molecule has 4 nitrogen and oxygen atoms in total. The van der Waals surface area contributed by atoms with Crippen LogP contribution in [0.5, 0.6) is 0 Å². The van der Waals surface area contributed by atoms with Gasteiger partial charge < -0.3 is 10.4 Å². The number of aromatic nitrogens is 2. The lowest BCUT2D eigenvalue weighted by atomic mass is 10.0. The van der Waals surface area contributed by atoms with E-state index in [2.05, 4.69) is 10.4 Å². The molecule has 3 aromatic rings. The van der Waals surface area contributed by atoms with Crippen molar-refractivity contribution in [3.05, 3.63) is 83.9 Å². The second-order valence-electron chi connectivity index (χ2n) is 5.75. The van der Waals surface area contributed by atoms with Crippen molar-refractivity contribution in [1.82, 2.24) is 15.1 Å². The van der Waals surface area contributed by atoms with Crippen LogP contribution in [-0.2, 0) is 6.54 Å². The van der Waals surface area contributed by atoms with Crippen molar-refractivity contribution >= 4 is 0 Å². The zero-order chi connectivity index (χ0) is 16.9. The highest BCUT2D eigenvalue weighted by Crippen LogP contribution is 2.17. The van der Waals surface area contributed by atoms with Crippen LogP contribution < -0.4 is 5.32 Å². The third-order valence-electron chi connectivity index (χ3n) is 3.96. The quantitative estimate of drug-likeness (QED) is 0.731. The van der Waals surface area contributed by atoms with Crippen LogP contribution in [0.25, 0.3) is 5.69 Å². The van der Waals surface area contributed by atoms with Gasteiger partial charge in [-0.3, -0.25) is 0 Å². The van der Waals surface area contributed by atoms with Crippen LogP contribution >= 0.6 is 0 Å². The first-order chi connectivity index (χ1) is 11.6. The largest absolute Gasteiger partial charge is 0.387 e. The molecule has 0 saturated heterocycles. The van der Waals surface area contributed by atoms with Crippen LogP contribution in [0.1, 0.15) is 24.3 Å². The topological polar surface area (TPSA) is 50.1 Å². The van der Waals surface area contributed by atoms with E-state index in [0.717, 1.165) is 11.4 Å². The minimum atomic E-state index is -0.707. The van der Waals surface area contributed by atoms with Gasteiger partial charge in [-0.05, 0) is 42.8 Å². The fourth-order valence-corrected chi connectivity index (χ4v) is 2.51. The van der Waals surface area contributed by atoms with E-state index in [1.54, 1.807) is 12.1 Å². The Kier molecular flexibility index (Phi) is 5.03. The fourth-order valence-electron chi connectivity index (χ4n) is 2.51. The summed E-state index contributed by atoms with van der Waals surface area (Å²) >= 11 is 0. The second kappa shape index (κ2) is 7.38. The molecule has 5 heteroatoms. The lowest BCUT2D eigenvalue weighted by Crippen LogP contribution is -2.31. The molecule has 2 atom stereocenters. The van der Waals surface area contributed by atoms with E-state index < -0.39 is 6.10 Å². The highest BCUT2D eigenvalue weighted by molar-refractivity contribution is 5.30. The molecular formula is C19H20FN3O. The van der Waals surface area contributed by atoms with Crippen LogP contribution in [0.15, 0.2) is 66.9 Å². The lowest BCUT2D eigenvalue weighted by molar-refractivity contribution is 0.135. The van der Waals surface area contributed by atoms with Gasteiger partial charge >= 0.3 is 0 Å². The summed E-state index contributed by atoms with van der Waals surface area (Å²) in [7, 11) is 0. The van der Waals surface area contributed by atoms with Crippen molar-refractivity contribution in [3.63, 3.8) is 0 Å². The molecule has 0 fully saturated rings. The Bertz CT molecular complexity index is 771. The Hall–Kier alpha value is -2.50. The molecule has 2 aromatic carbocycles. The van der Waals surface area contributed by atoms with Crippen molar-refractivity contribution in [2.45, 2.75) is 25.6 Å². The highest BCUT2D eigenvalue weighted by atomic mass is 19.1. The van der Waals surface area contributed by atoms with Gasteiger partial charge in [-0.1, -0.05) is 30.3 Å². The van der Waals surface area contributed by atoms with Gasteiger partial charge in [0.2, 0.25) is 0 Å². The summed E-state index contributed by atoms with van der Waals surface area (Å²) in [5, 5.41) is 18.1. The summed E-state index contributed by atoms with van der Waals surface area (Å²) in [4.78, 5) is 0. The molecule has 0 aliphatic carbocycles. The summed E-state index contributed by atoms with van der Waals surface area (Å²) in [6.45, 7) is 2.43. The Morgan fingerprint density at radius 3 is 2.50 bits per heavy atom. The van der Waals surface area contributed by atoms with Gasteiger partial charge in [0, 0.05) is 18.8 Å². The number of aliphatic hydroxyl groups is 1.